The first-order chi connectivity index (χ1) is 6.43. The number of nitrogens with zero attached hydrogens (tertiary/aromatic N) is 1. The maximum Gasteiger partial charge on any atom is 0.302 e. The third-order valence-corrected chi connectivity index (χ3v) is 2.11. The number of hydrogen-bond acceptors (Lipinski definition) is 4. The molecule has 0 aliphatic carbocycles. The van der Waals surface area contributed by atoms with E-state index in [-0.39, 0.29) is 18.5 Å². The van der Waals surface area contributed by atoms with Gasteiger partial charge in [-0.05, 0) is 6.92 Å². The van der Waals surface area contributed by atoms with Crippen LogP contribution in [0.2, 0.25) is 0 Å². The predicted molar refractivity (Wildman–Crippen MR) is 48.1 cm³/mol. The van der Waals surface area contributed by atoms with E-state index < -0.39 is 5.60 Å². The SMILES string of the molecule is CC(=O)OC[C@@]1(C)CCN(C(C)=O)O1. The Morgan fingerprint density at radius 2 is 2.14 bits per heavy atom. The van der Waals surface area contributed by atoms with Crippen molar-refractivity contribution in [3.8, 4) is 0 Å². The van der Waals surface area contributed by atoms with Gasteiger partial charge in [-0.25, -0.2) is 5.06 Å². The molecule has 0 unspecified atom stereocenters. The first kappa shape index (κ1) is 11.0. The van der Waals surface area contributed by atoms with Crippen LogP contribution < -0.4 is 0 Å². The van der Waals surface area contributed by atoms with Gasteiger partial charge in [0.05, 0.1) is 6.54 Å². The van der Waals surface area contributed by atoms with Crippen LogP contribution in [0.1, 0.15) is 27.2 Å². The maximum absolute atomic E-state index is 11.0. The molecule has 1 saturated heterocycles. The van der Waals surface area contributed by atoms with Crippen molar-refractivity contribution in [2.24, 2.45) is 0 Å². The highest BCUT2D eigenvalue weighted by Crippen LogP contribution is 2.25. The molecule has 1 heterocycles. The van der Waals surface area contributed by atoms with Crippen molar-refractivity contribution in [3.63, 3.8) is 0 Å². The quantitative estimate of drug-likeness (QED) is 0.610. The Labute approximate surface area is 82.9 Å². The van der Waals surface area contributed by atoms with Crippen LogP contribution in [-0.2, 0) is 19.2 Å². The van der Waals surface area contributed by atoms with Crippen LogP contribution in [0.5, 0.6) is 0 Å². The van der Waals surface area contributed by atoms with E-state index in [0.717, 1.165) is 0 Å². The van der Waals surface area contributed by atoms with Gasteiger partial charge in [0.25, 0.3) is 0 Å². The first-order valence-corrected chi connectivity index (χ1v) is 4.53. The minimum atomic E-state index is -0.558. The molecule has 80 valence electrons. The second-order valence-corrected chi connectivity index (χ2v) is 3.69. The Morgan fingerprint density at radius 1 is 1.50 bits per heavy atom. The van der Waals surface area contributed by atoms with Crippen molar-refractivity contribution in [2.75, 3.05) is 13.2 Å². The first-order valence-electron chi connectivity index (χ1n) is 4.53. The van der Waals surface area contributed by atoms with Crippen LogP contribution in [0.3, 0.4) is 0 Å². The summed E-state index contributed by atoms with van der Waals surface area (Å²) in [5.41, 5.74) is -0.558. The summed E-state index contributed by atoms with van der Waals surface area (Å²) >= 11 is 0. The molecular formula is C9H15NO4. The number of hydrogen-bond donors (Lipinski definition) is 0. The van der Waals surface area contributed by atoms with E-state index in [1.54, 1.807) is 0 Å². The van der Waals surface area contributed by atoms with Crippen LogP contribution >= 0.6 is 0 Å². The molecule has 0 aromatic heterocycles. The Balaban J connectivity index is 2.45. The summed E-state index contributed by atoms with van der Waals surface area (Å²) in [4.78, 5) is 26.9. The van der Waals surface area contributed by atoms with Crippen molar-refractivity contribution < 1.29 is 19.2 Å². The van der Waals surface area contributed by atoms with Gasteiger partial charge in [-0.15, -0.1) is 0 Å². The van der Waals surface area contributed by atoms with E-state index in [1.807, 2.05) is 6.92 Å². The predicted octanol–water partition coefficient (Wildman–Crippen LogP) is 0.492. The zero-order chi connectivity index (χ0) is 10.8. The van der Waals surface area contributed by atoms with Gasteiger partial charge in [0.1, 0.15) is 12.2 Å². The lowest BCUT2D eigenvalue weighted by Gasteiger charge is -2.23. The van der Waals surface area contributed by atoms with E-state index in [9.17, 15) is 9.59 Å². The summed E-state index contributed by atoms with van der Waals surface area (Å²) in [5.74, 6) is -0.465. The summed E-state index contributed by atoms with van der Waals surface area (Å²) in [7, 11) is 0. The van der Waals surface area contributed by atoms with Crippen molar-refractivity contribution in [3.05, 3.63) is 0 Å². The second kappa shape index (κ2) is 3.96. The molecule has 0 N–H and O–H groups in total. The van der Waals surface area contributed by atoms with Crippen LogP contribution in [0.4, 0.5) is 0 Å². The number of rotatable bonds is 2. The Hall–Kier alpha value is -1.10. The van der Waals surface area contributed by atoms with Crippen molar-refractivity contribution in [1.29, 1.82) is 0 Å². The topological polar surface area (TPSA) is 55.8 Å². The lowest BCUT2D eigenvalue weighted by molar-refractivity contribution is -0.208. The van der Waals surface area contributed by atoms with Gasteiger partial charge in [-0.1, -0.05) is 0 Å². The van der Waals surface area contributed by atoms with Crippen molar-refractivity contribution in [1.82, 2.24) is 5.06 Å². The molecule has 1 amide bonds. The number of esters is 1. The Morgan fingerprint density at radius 3 is 2.57 bits per heavy atom. The minimum Gasteiger partial charge on any atom is -0.463 e. The highest BCUT2D eigenvalue weighted by atomic mass is 16.7. The molecule has 1 aliphatic heterocycles. The van der Waals surface area contributed by atoms with Crippen LogP contribution in [0.25, 0.3) is 0 Å². The van der Waals surface area contributed by atoms with E-state index in [1.165, 1.54) is 18.9 Å². The van der Waals surface area contributed by atoms with E-state index >= 15 is 0 Å². The fourth-order valence-corrected chi connectivity index (χ4v) is 1.27. The molecule has 1 aliphatic rings. The summed E-state index contributed by atoms with van der Waals surface area (Å²) in [6.07, 6.45) is 0.680. The second-order valence-electron chi connectivity index (χ2n) is 3.69. The number of amides is 1. The molecule has 1 fully saturated rings. The molecule has 0 bridgehead atoms. The Bertz CT molecular complexity index is 253. The van der Waals surface area contributed by atoms with Gasteiger partial charge in [0.15, 0.2) is 0 Å². The maximum atomic E-state index is 11.0. The summed E-state index contributed by atoms with van der Waals surface area (Å²) in [6, 6.07) is 0. The minimum absolute atomic E-state index is 0.128. The summed E-state index contributed by atoms with van der Waals surface area (Å²) in [5, 5.41) is 1.30. The number of carbonyl (C=O) groups is 2. The highest BCUT2D eigenvalue weighted by molar-refractivity contribution is 5.72. The normalized spacial score (nSPS) is 26.4. The molecular weight excluding hydrogens is 186 g/mol. The van der Waals surface area contributed by atoms with E-state index in [4.69, 9.17) is 9.57 Å². The fourth-order valence-electron chi connectivity index (χ4n) is 1.27. The average molecular weight is 201 g/mol. The Kier molecular flexibility index (Phi) is 3.10. The zero-order valence-electron chi connectivity index (χ0n) is 8.70. The third-order valence-electron chi connectivity index (χ3n) is 2.11. The van der Waals surface area contributed by atoms with Gasteiger partial charge < -0.3 is 4.74 Å². The molecule has 1 rings (SSSR count). The molecule has 0 spiro atoms. The molecule has 5 heteroatoms. The molecule has 0 saturated carbocycles. The van der Waals surface area contributed by atoms with E-state index in [2.05, 4.69) is 0 Å². The molecule has 5 nitrogen and oxygen atoms in total. The number of ether oxygens (including phenoxy) is 1. The van der Waals surface area contributed by atoms with Crippen LogP contribution in [0.15, 0.2) is 0 Å². The number of carbonyl (C=O) groups excluding carboxylic acids is 2. The van der Waals surface area contributed by atoms with Crippen molar-refractivity contribution in [2.45, 2.75) is 32.8 Å². The monoisotopic (exact) mass is 201 g/mol. The summed E-state index contributed by atoms with van der Waals surface area (Å²) < 4.78 is 4.85. The van der Waals surface area contributed by atoms with Gasteiger partial charge in [0.2, 0.25) is 5.91 Å². The fraction of sp³-hybridized carbons (Fsp3) is 0.778. The lowest BCUT2D eigenvalue weighted by atomic mass is 10.1. The van der Waals surface area contributed by atoms with Crippen LogP contribution in [0, 0.1) is 0 Å². The van der Waals surface area contributed by atoms with Crippen molar-refractivity contribution >= 4 is 11.9 Å². The van der Waals surface area contributed by atoms with Gasteiger partial charge in [-0.2, -0.15) is 0 Å². The molecule has 0 radical (unpaired) electrons. The highest BCUT2D eigenvalue weighted by Gasteiger charge is 2.37. The molecule has 0 aromatic rings. The summed E-state index contributed by atoms with van der Waals surface area (Å²) in [6.45, 7) is 5.34. The average Bonchev–Trinajstić information content (AvgIpc) is 2.46. The zero-order valence-corrected chi connectivity index (χ0v) is 8.70. The van der Waals surface area contributed by atoms with Gasteiger partial charge >= 0.3 is 5.97 Å². The largest absolute Gasteiger partial charge is 0.463 e. The van der Waals surface area contributed by atoms with Gasteiger partial charge in [0, 0.05) is 20.3 Å². The lowest BCUT2D eigenvalue weighted by Crippen LogP contribution is -2.34. The molecule has 0 aromatic carbocycles. The third kappa shape index (κ3) is 2.70. The van der Waals surface area contributed by atoms with Crippen LogP contribution in [-0.4, -0.2) is 35.7 Å². The van der Waals surface area contributed by atoms with E-state index in [0.29, 0.717) is 13.0 Å². The standard InChI is InChI=1S/C9H15NO4/c1-7(11)10-5-4-9(3,14-10)6-13-8(2)12/h4-6H2,1-3H3/t9-/m1/s1. The van der Waals surface area contributed by atoms with Gasteiger partial charge in [-0.3, -0.25) is 14.4 Å². The molecule has 1 atom stereocenters. The molecule has 14 heavy (non-hydrogen) atoms. The smallest absolute Gasteiger partial charge is 0.302 e. The number of hydroxylamine groups is 2.